The van der Waals surface area contributed by atoms with Crippen molar-refractivity contribution in [3.8, 4) is 0 Å². The Bertz CT molecular complexity index is 300. The Morgan fingerprint density at radius 1 is 1.20 bits per heavy atom. The zero-order valence-electron chi connectivity index (χ0n) is 9.86. The topological polar surface area (TPSA) is 17.1 Å². The first kappa shape index (κ1) is 12.0. The Balaban J connectivity index is 2.88. The van der Waals surface area contributed by atoms with E-state index in [0.717, 1.165) is 12.0 Å². The van der Waals surface area contributed by atoms with E-state index >= 15 is 0 Å². The minimum atomic E-state index is 0.0751. The normalized spacial score (nSPS) is 12.8. The highest BCUT2D eigenvalue weighted by atomic mass is 16.1. The van der Waals surface area contributed by atoms with Crippen molar-refractivity contribution in [3.05, 3.63) is 35.9 Å². The molecule has 1 aromatic carbocycles. The summed E-state index contributed by atoms with van der Waals surface area (Å²) in [6.07, 6.45) is 1.63. The maximum Gasteiger partial charge on any atom is 0.140 e. The zero-order chi connectivity index (χ0) is 11.3. The fourth-order valence-corrected chi connectivity index (χ4v) is 2.00. The van der Waals surface area contributed by atoms with Crippen molar-refractivity contribution in [3.63, 3.8) is 0 Å². The summed E-state index contributed by atoms with van der Waals surface area (Å²) in [5.74, 6) is 0.830. The molecule has 0 amide bonds. The van der Waals surface area contributed by atoms with E-state index < -0.39 is 0 Å². The number of benzene rings is 1. The van der Waals surface area contributed by atoms with Crippen molar-refractivity contribution in [1.29, 1.82) is 0 Å². The van der Waals surface area contributed by atoms with E-state index in [2.05, 4.69) is 32.9 Å². The first-order valence-corrected chi connectivity index (χ1v) is 5.74. The maximum absolute atomic E-state index is 12.0. The molecule has 0 bridgehead atoms. The van der Waals surface area contributed by atoms with Crippen LogP contribution in [-0.4, -0.2) is 5.78 Å². The molecule has 0 radical (unpaired) electrons. The average Bonchev–Trinajstić information content (AvgIpc) is 2.19. The standard InChI is InChI=1S/C14H20O/c1-4-8-13(15)14(11(2)3)12-9-6-5-7-10-12/h5-7,9-11,14H,4,8H2,1-3H3. The zero-order valence-corrected chi connectivity index (χ0v) is 9.86. The van der Waals surface area contributed by atoms with Crippen molar-refractivity contribution >= 4 is 5.78 Å². The third-order valence-corrected chi connectivity index (χ3v) is 2.67. The van der Waals surface area contributed by atoms with Gasteiger partial charge in [0.2, 0.25) is 0 Å². The van der Waals surface area contributed by atoms with Crippen molar-refractivity contribution < 1.29 is 4.79 Å². The van der Waals surface area contributed by atoms with Gasteiger partial charge in [-0.15, -0.1) is 0 Å². The second kappa shape index (κ2) is 5.69. The number of carbonyl (C=O) groups excluding carboxylic acids is 1. The molecule has 82 valence electrons. The minimum absolute atomic E-state index is 0.0751. The molecule has 15 heavy (non-hydrogen) atoms. The lowest BCUT2D eigenvalue weighted by atomic mass is 9.83. The molecule has 1 nitrogen and oxygen atoms in total. The number of carbonyl (C=O) groups is 1. The fraction of sp³-hybridized carbons (Fsp3) is 0.500. The third kappa shape index (κ3) is 3.19. The molecule has 1 atom stereocenters. The van der Waals surface area contributed by atoms with Gasteiger partial charge >= 0.3 is 0 Å². The highest BCUT2D eigenvalue weighted by molar-refractivity contribution is 5.85. The van der Waals surface area contributed by atoms with Crippen LogP contribution in [0.15, 0.2) is 30.3 Å². The minimum Gasteiger partial charge on any atom is -0.299 e. The lowest BCUT2D eigenvalue weighted by molar-refractivity contribution is -0.121. The molecule has 0 aliphatic carbocycles. The van der Waals surface area contributed by atoms with E-state index in [0.29, 0.717) is 18.1 Å². The van der Waals surface area contributed by atoms with E-state index in [1.807, 2.05) is 18.2 Å². The van der Waals surface area contributed by atoms with Crippen molar-refractivity contribution in [2.75, 3.05) is 0 Å². The SMILES string of the molecule is CCCC(=O)C(c1ccccc1)C(C)C. The summed E-state index contributed by atoms with van der Waals surface area (Å²) in [5.41, 5.74) is 1.16. The van der Waals surface area contributed by atoms with Crippen LogP contribution in [0.3, 0.4) is 0 Å². The lowest BCUT2D eigenvalue weighted by Gasteiger charge is -2.19. The number of ketones is 1. The highest BCUT2D eigenvalue weighted by Gasteiger charge is 2.22. The van der Waals surface area contributed by atoms with Crippen LogP contribution in [-0.2, 0) is 4.79 Å². The number of hydrogen-bond acceptors (Lipinski definition) is 1. The molecule has 0 saturated heterocycles. The summed E-state index contributed by atoms with van der Waals surface area (Å²) >= 11 is 0. The molecule has 1 rings (SSSR count). The van der Waals surface area contributed by atoms with Crippen LogP contribution in [0.1, 0.15) is 45.1 Å². The largest absolute Gasteiger partial charge is 0.299 e. The molecule has 0 heterocycles. The van der Waals surface area contributed by atoms with Crippen LogP contribution >= 0.6 is 0 Å². The smallest absolute Gasteiger partial charge is 0.140 e. The summed E-state index contributed by atoms with van der Waals surface area (Å²) in [6, 6.07) is 10.1. The van der Waals surface area contributed by atoms with Crippen LogP contribution in [0, 0.1) is 5.92 Å². The van der Waals surface area contributed by atoms with E-state index in [-0.39, 0.29) is 5.92 Å². The van der Waals surface area contributed by atoms with Gasteiger partial charge in [-0.25, -0.2) is 0 Å². The fourth-order valence-electron chi connectivity index (χ4n) is 2.00. The van der Waals surface area contributed by atoms with Gasteiger partial charge in [-0.1, -0.05) is 51.1 Å². The molecule has 0 fully saturated rings. The van der Waals surface area contributed by atoms with E-state index in [9.17, 15) is 4.79 Å². The second-order valence-electron chi connectivity index (χ2n) is 4.35. The molecule has 0 spiro atoms. The van der Waals surface area contributed by atoms with E-state index in [4.69, 9.17) is 0 Å². The van der Waals surface area contributed by atoms with Crippen molar-refractivity contribution in [1.82, 2.24) is 0 Å². The predicted octanol–water partition coefficient (Wildman–Crippen LogP) is 3.80. The van der Waals surface area contributed by atoms with Crippen molar-refractivity contribution in [2.45, 2.75) is 39.5 Å². The quantitative estimate of drug-likeness (QED) is 0.713. The Labute approximate surface area is 92.5 Å². The second-order valence-corrected chi connectivity index (χ2v) is 4.35. The molecular formula is C14H20O. The first-order valence-electron chi connectivity index (χ1n) is 5.74. The number of hydrogen-bond donors (Lipinski definition) is 0. The van der Waals surface area contributed by atoms with Crippen LogP contribution in [0.4, 0.5) is 0 Å². The van der Waals surface area contributed by atoms with Gasteiger partial charge in [-0.3, -0.25) is 4.79 Å². The van der Waals surface area contributed by atoms with Gasteiger partial charge in [0.05, 0.1) is 0 Å². The first-order chi connectivity index (χ1) is 7.16. The van der Waals surface area contributed by atoms with Crippen molar-refractivity contribution in [2.24, 2.45) is 5.92 Å². The molecule has 0 aliphatic rings. The molecule has 1 unspecified atom stereocenters. The number of Topliss-reactive ketones (excluding diaryl/α,β-unsaturated/α-hetero) is 1. The molecule has 1 aromatic rings. The van der Waals surface area contributed by atoms with Gasteiger partial charge in [0, 0.05) is 12.3 Å². The summed E-state index contributed by atoms with van der Waals surface area (Å²) < 4.78 is 0. The Morgan fingerprint density at radius 3 is 2.27 bits per heavy atom. The highest BCUT2D eigenvalue weighted by Crippen LogP contribution is 2.26. The number of rotatable bonds is 5. The van der Waals surface area contributed by atoms with Crippen LogP contribution < -0.4 is 0 Å². The monoisotopic (exact) mass is 204 g/mol. The summed E-state index contributed by atoms with van der Waals surface area (Å²) in [5, 5.41) is 0. The summed E-state index contributed by atoms with van der Waals surface area (Å²) in [6.45, 7) is 6.29. The van der Waals surface area contributed by atoms with Crippen LogP contribution in [0.2, 0.25) is 0 Å². The van der Waals surface area contributed by atoms with Gasteiger partial charge in [0.25, 0.3) is 0 Å². The van der Waals surface area contributed by atoms with Gasteiger partial charge in [-0.05, 0) is 17.9 Å². The molecule has 0 saturated carbocycles. The lowest BCUT2D eigenvalue weighted by Crippen LogP contribution is -2.17. The molecular weight excluding hydrogens is 184 g/mol. The Kier molecular flexibility index (Phi) is 4.54. The predicted molar refractivity (Wildman–Crippen MR) is 63.9 cm³/mol. The molecule has 1 heteroatoms. The maximum atomic E-state index is 12.0. The molecule has 0 aliphatic heterocycles. The molecule has 0 aromatic heterocycles. The molecule has 0 N–H and O–H groups in total. The Morgan fingerprint density at radius 2 is 1.80 bits per heavy atom. The van der Waals surface area contributed by atoms with Gasteiger partial charge in [0.1, 0.15) is 5.78 Å². The third-order valence-electron chi connectivity index (χ3n) is 2.67. The van der Waals surface area contributed by atoms with Crippen LogP contribution in [0.5, 0.6) is 0 Å². The van der Waals surface area contributed by atoms with E-state index in [1.165, 1.54) is 0 Å². The van der Waals surface area contributed by atoms with Gasteiger partial charge in [0.15, 0.2) is 0 Å². The van der Waals surface area contributed by atoms with Crippen LogP contribution in [0.25, 0.3) is 0 Å². The summed E-state index contributed by atoms with van der Waals surface area (Å²) in [4.78, 5) is 12.0. The Hall–Kier alpha value is -1.11. The average molecular weight is 204 g/mol. The van der Waals surface area contributed by atoms with E-state index in [1.54, 1.807) is 0 Å². The summed E-state index contributed by atoms with van der Waals surface area (Å²) in [7, 11) is 0. The van der Waals surface area contributed by atoms with Gasteiger partial charge < -0.3 is 0 Å². The van der Waals surface area contributed by atoms with Gasteiger partial charge in [-0.2, -0.15) is 0 Å².